The van der Waals surface area contributed by atoms with Crippen LogP contribution in [0, 0.1) is 0 Å². The second kappa shape index (κ2) is 5.74. The molecule has 0 radical (unpaired) electrons. The summed E-state index contributed by atoms with van der Waals surface area (Å²) >= 11 is 0. The summed E-state index contributed by atoms with van der Waals surface area (Å²) in [4.78, 5) is 10.8. The lowest BCUT2D eigenvalue weighted by Crippen LogP contribution is -2.60. The van der Waals surface area contributed by atoms with Gasteiger partial charge >= 0.3 is 5.97 Å². The minimum atomic E-state index is -1.68. The Kier molecular flexibility index (Phi) is 4.84. The molecule has 17 heavy (non-hydrogen) atoms. The van der Waals surface area contributed by atoms with Crippen LogP contribution in [0.4, 0.5) is 0 Å². The normalized spacial score (nSPS) is 39.9. The van der Waals surface area contributed by atoms with Crippen molar-refractivity contribution in [2.75, 3.05) is 0 Å². The third-order valence-corrected chi connectivity index (χ3v) is 2.75. The number of carboxylic acid groups (broad SMARTS) is 1. The molecule has 0 aromatic heterocycles. The van der Waals surface area contributed by atoms with E-state index < -0.39 is 36.7 Å². The van der Waals surface area contributed by atoms with E-state index in [1.54, 1.807) is 6.92 Å². The highest BCUT2D eigenvalue weighted by molar-refractivity contribution is 5.73. The van der Waals surface area contributed by atoms with Gasteiger partial charge < -0.3 is 29.9 Å². The van der Waals surface area contributed by atoms with Gasteiger partial charge in [-0.25, -0.2) is 4.79 Å². The molecule has 0 aliphatic carbocycles. The Bertz CT molecular complexity index is 269. The summed E-state index contributed by atoms with van der Waals surface area (Å²) in [6.45, 7) is 3.57. The summed E-state index contributed by atoms with van der Waals surface area (Å²) in [5.74, 6) is -1.42. The van der Waals surface area contributed by atoms with E-state index in [0.29, 0.717) is 6.42 Å². The van der Waals surface area contributed by atoms with Crippen molar-refractivity contribution >= 4 is 5.97 Å². The van der Waals surface area contributed by atoms with Gasteiger partial charge in [-0.2, -0.15) is 0 Å². The molecule has 1 aliphatic rings. The van der Waals surface area contributed by atoms with Gasteiger partial charge in [-0.15, -0.1) is 0 Å². The van der Waals surface area contributed by atoms with Gasteiger partial charge in [0.05, 0.1) is 6.10 Å². The van der Waals surface area contributed by atoms with Crippen LogP contribution < -0.4 is 0 Å². The van der Waals surface area contributed by atoms with Gasteiger partial charge in [0.25, 0.3) is 0 Å². The molecule has 0 aromatic rings. The van der Waals surface area contributed by atoms with Crippen LogP contribution in [0.5, 0.6) is 0 Å². The lowest BCUT2D eigenvalue weighted by Gasteiger charge is -2.39. The molecule has 1 heterocycles. The summed E-state index contributed by atoms with van der Waals surface area (Å²) in [5.41, 5.74) is 0. The van der Waals surface area contributed by atoms with Crippen LogP contribution in [-0.4, -0.2) is 63.2 Å². The number of rotatable bonds is 4. The molecule has 100 valence electrons. The fourth-order valence-electron chi connectivity index (χ4n) is 1.49. The van der Waals surface area contributed by atoms with Gasteiger partial charge in [-0.3, -0.25) is 0 Å². The second-order valence-corrected chi connectivity index (χ2v) is 4.09. The third kappa shape index (κ3) is 3.14. The Morgan fingerprint density at radius 3 is 2.35 bits per heavy atom. The van der Waals surface area contributed by atoms with Crippen molar-refractivity contribution in [2.24, 2.45) is 0 Å². The highest BCUT2D eigenvalue weighted by atomic mass is 16.7. The van der Waals surface area contributed by atoms with E-state index in [2.05, 4.69) is 0 Å². The minimum absolute atomic E-state index is 0.258. The van der Waals surface area contributed by atoms with E-state index in [4.69, 9.17) is 14.6 Å². The quantitative estimate of drug-likeness (QED) is 0.489. The first-order valence-electron chi connectivity index (χ1n) is 5.46. The van der Waals surface area contributed by atoms with Crippen molar-refractivity contribution in [3.8, 4) is 0 Å². The Morgan fingerprint density at radius 2 is 1.88 bits per heavy atom. The van der Waals surface area contributed by atoms with Gasteiger partial charge in [0.15, 0.2) is 12.4 Å². The molecule has 3 unspecified atom stereocenters. The number of ether oxygens (including phenoxy) is 2. The molecule has 0 saturated carbocycles. The second-order valence-electron chi connectivity index (χ2n) is 4.09. The van der Waals surface area contributed by atoms with Crippen LogP contribution in [0.2, 0.25) is 0 Å². The van der Waals surface area contributed by atoms with E-state index in [1.165, 1.54) is 0 Å². The first-order valence-corrected chi connectivity index (χ1v) is 5.46. The average Bonchev–Trinajstić information content (AvgIpc) is 2.29. The maximum Gasteiger partial charge on any atom is 0.335 e. The van der Waals surface area contributed by atoms with Crippen LogP contribution in [0.15, 0.2) is 0 Å². The molecule has 0 bridgehead atoms. The highest BCUT2D eigenvalue weighted by Crippen LogP contribution is 2.23. The monoisotopic (exact) mass is 250 g/mol. The minimum Gasteiger partial charge on any atom is -0.479 e. The molecule has 0 spiro atoms. The summed E-state index contributed by atoms with van der Waals surface area (Å²) in [5, 5.41) is 37.3. The molecule has 1 rings (SSSR count). The Hall–Kier alpha value is -0.730. The topological polar surface area (TPSA) is 116 Å². The lowest BCUT2D eigenvalue weighted by molar-refractivity contribution is -0.303. The van der Waals surface area contributed by atoms with Crippen LogP contribution in [-0.2, 0) is 14.3 Å². The molecule has 1 saturated heterocycles. The van der Waals surface area contributed by atoms with Gasteiger partial charge in [0.1, 0.15) is 18.3 Å². The molecule has 7 nitrogen and oxygen atoms in total. The Balaban J connectivity index is 2.74. The van der Waals surface area contributed by atoms with Crippen LogP contribution in [0.25, 0.3) is 0 Å². The average molecular weight is 250 g/mol. The largest absolute Gasteiger partial charge is 0.479 e. The van der Waals surface area contributed by atoms with Crippen molar-refractivity contribution < 1.29 is 34.7 Å². The fraction of sp³-hybridized carbons (Fsp3) is 0.900. The van der Waals surface area contributed by atoms with E-state index >= 15 is 0 Å². The van der Waals surface area contributed by atoms with Crippen molar-refractivity contribution in [1.82, 2.24) is 0 Å². The highest BCUT2D eigenvalue weighted by Gasteiger charge is 2.47. The van der Waals surface area contributed by atoms with Gasteiger partial charge in [0, 0.05) is 0 Å². The molecule has 0 amide bonds. The number of aliphatic hydroxyl groups excluding tert-OH is 3. The molecule has 0 aromatic carbocycles. The lowest BCUT2D eigenvalue weighted by atomic mass is 9.99. The van der Waals surface area contributed by atoms with E-state index in [-0.39, 0.29) is 6.10 Å². The first kappa shape index (κ1) is 14.3. The van der Waals surface area contributed by atoms with Crippen molar-refractivity contribution in [2.45, 2.75) is 57.1 Å². The number of aliphatic hydroxyl groups is 3. The van der Waals surface area contributed by atoms with Gasteiger partial charge in [-0.05, 0) is 13.3 Å². The number of carboxylic acids is 1. The molecule has 6 atom stereocenters. The summed E-state index contributed by atoms with van der Waals surface area (Å²) < 4.78 is 10.2. The van der Waals surface area contributed by atoms with Crippen LogP contribution >= 0.6 is 0 Å². The molecular weight excluding hydrogens is 232 g/mol. The zero-order valence-electron chi connectivity index (χ0n) is 9.68. The van der Waals surface area contributed by atoms with Crippen LogP contribution in [0.3, 0.4) is 0 Å². The maximum absolute atomic E-state index is 10.8. The Morgan fingerprint density at radius 1 is 1.29 bits per heavy atom. The van der Waals surface area contributed by atoms with E-state index in [0.717, 1.165) is 0 Å². The number of hydrogen-bond donors (Lipinski definition) is 4. The maximum atomic E-state index is 10.8. The summed E-state index contributed by atoms with van der Waals surface area (Å²) in [6.07, 6.45) is -7.26. The zero-order valence-corrected chi connectivity index (χ0v) is 9.68. The zero-order chi connectivity index (χ0) is 13.2. The SMILES string of the molecule is CCC(C)O[C@@H]1OC(C(=O)O)[C@H](O)[C@H](O)C1O. The van der Waals surface area contributed by atoms with Crippen molar-refractivity contribution in [3.05, 3.63) is 0 Å². The smallest absolute Gasteiger partial charge is 0.335 e. The third-order valence-electron chi connectivity index (χ3n) is 2.75. The standard InChI is InChI=1S/C10H18O7/c1-3-4(2)16-10-7(13)5(11)6(12)8(17-10)9(14)15/h4-8,10-13H,3H2,1-2H3,(H,14,15)/t4?,5-,6+,7?,8?,10+/m0/s1. The van der Waals surface area contributed by atoms with Crippen LogP contribution in [0.1, 0.15) is 20.3 Å². The summed E-state index contributed by atoms with van der Waals surface area (Å²) in [6, 6.07) is 0. The predicted octanol–water partition coefficient (Wildman–Crippen LogP) is -1.31. The van der Waals surface area contributed by atoms with Crippen molar-refractivity contribution in [3.63, 3.8) is 0 Å². The number of carbonyl (C=O) groups is 1. The Labute approximate surface area is 98.6 Å². The van der Waals surface area contributed by atoms with Gasteiger partial charge in [0.2, 0.25) is 0 Å². The molecule has 4 N–H and O–H groups in total. The fourth-order valence-corrected chi connectivity index (χ4v) is 1.49. The predicted molar refractivity (Wildman–Crippen MR) is 55.2 cm³/mol. The first-order chi connectivity index (χ1) is 7.88. The summed E-state index contributed by atoms with van der Waals surface area (Å²) in [7, 11) is 0. The van der Waals surface area contributed by atoms with E-state index in [9.17, 15) is 20.1 Å². The molecule has 1 aliphatic heterocycles. The molecular formula is C10H18O7. The van der Waals surface area contributed by atoms with Gasteiger partial charge in [-0.1, -0.05) is 6.92 Å². The number of aliphatic carboxylic acids is 1. The number of hydrogen-bond acceptors (Lipinski definition) is 6. The van der Waals surface area contributed by atoms with E-state index in [1.807, 2.05) is 6.92 Å². The van der Waals surface area contributed by atoms with Crippen molar-refractivity contribution in [1.29, 1.82) is 0 Å². The molecule has 1 fully saturated rings. The molecule has 7 heteroatoms.